The summed E-state index contributed by atoms with van der Waals surface area (Å²) in [5.41, 5.74) is 0. The van der Waals surface area contributed by atoms with Crippen molar-refractivity contribution in [3.63, 3.8) is 0 Å². The second-order valence-corrected chi connectivity index (χ2v) is 21.7. The SMILES string of the molecule is CCC/C=C\C/C=C\CCCCCCCC(=O)OCCCCCCCCCCCCCC/C=C\CCCCCCCCCCCCC(=O)NC(COC1OC(CO)C(O)C(O)C1O)C(O)/C=C/CC/C=C/CCCCC. The van der Waals surface area contributed by atoms with E-state index in [9.17, 15) is 35.1 Å². The first-order valence-corrected chi connectivity index (χ1v) is 31.6. The summed E-state index contributed by atoms with van der Waals surface area (Å²) < 4.78 is 16.7. The highest BCUT2D eigenvalue weighted by Gasteiger charge is 2.44. The number of rotatable bonds is 54. The van der Waals surface area contributed by atoms with Crippen molar-refractivity contribution in [1.29, 1.82) is 0 Å². The van der Waals surface area contributed by atoms with Crippen LogP contribution in [-0.2, 0) is 23.8 Å². The number of amides is 1. The van der Waals surface area contributed by atoms with Gasteiger partial charge in [0.15, 0.2) is 6.29 Å². The lowest BCUT2D eigenvalue weighted by molar-refractivity contribution is -0.302. The predicted octanol–water partition coefficient (Wildman–Crippen LogP) is 15.0. The lowest BCUT2D eigenvalue weighted by Gasteiger charge is -2.40. The first-order valence-electron chi connectivity index (χ1n) is 31.6. The summed E-state index contributed by atoms with van der Waals surface area (Å²) in [6, 6.07) is -0.828. The molecule has 76 heavy (non-hydrogen) atoms. The zero-order valence-corrected chi connectivity index (χ0v) is 48.7. The van der Waals surface area contributed by atoms with Crippen LogP contribution >= 0.6 is 0 Å². The van der Waals surface area contributed by atoms with Gasteiger partial charge < -0.3 is 45.1 Å². The van der Waals surface area contributed by atoms with E-state index in [-0.39, 0.29) is 18.5 Å². The van der Waals surface area contributed by atoms with Gasteiger partial charge in [0, 0.05) is 12.8 Å². The molecule has 6 N–H and O–H groups in total. The van der Waals surface area contributed by atoms with Crippen LogP contribution in [0.5, 0.6) is 0 Å². The fourth-order valence-corrected chi connectivity index (χ4v) is 9.54. The summed E-state index contributed by atoms with van der Waals surface area (Å²) in [6.07, 6.45) is 60.6. The van der Waals surface area contributed by atoms with Gasteiger partial charge in [-0.05, 0) is 96.3 Å². The Hall–Kier alpha value is -2.64. The number of aliphatic hydroxyl groups excluding tert-OH is 5. The fourth-order valence-electron chi connectivity index (χ4n) is 9.54. The maximum Gasteiger partial charge on any atom is 0.305 e. The van der Waals surface area contributed by atoms with E-state index in [1.165, 1.54) is 180 Å². The van der Waals surface area contributed by atoms with E-state index in [4.69, 9.17) is 14.2 Å². The van der Waals surface area contributed by atoms with E-state index in [0.717, 1.165) is 70.6 Å². The number of ether oxygens (including phenoxy) is 3. The van der Waals surface area contributed by atoms with Crippen molar-refractivity contribution in [2.24, 2.45) is 0 Å². The van der Waals surface area contributed by atoms with Gasteiger partial charge in [-0.1, -0.05) is 229 Å². The van der Waals surface area contributed by atoms with Gasteiger partial charge in [0.1, 0.15) is 24.4 Å². The van der Waals surface area contributed by atoms with Gasteiger partial charge in [-0.3, -0.25) is 9.59 Å². The highest BCUT2D eigenvalue weighted by Crippen LogP contribution is 2.23. The lowest BCUT2D eigenvalue weighted by Crippen LogP contribution is -2.60. The Bertz CT molecular complexity index is 1450. The summed E-state index contributed by atoms with van der Waals surface area (Å²) in [4.78, 5) is 25.0. The predicted molar refractivity (Wildman–Crippen MR) is 315 cm³/mol. The van der Waals surface area contributed by atoms with Gasteiger partial charge in [-0.25, -0.2) is 0 Å². The van der Waals surface area contributed by atoms with E-state index < -0.39 is 49.5 Å². The molecule has 1 fully saturated rings. The highest BCUT2D eigenvalue weighted by molar-refractivity contribution is 5.76. The molecule has 1 aliphatic rings. The smallest absolute Gasteiger partial charge is 0.305 e. The minimum atomic E-state index is -1.58. The molecule has 0 bridgehead atoms. The van der Waals surface area contributed by atoms with Crippen molar-refractivity contribution in [3.8, 4) is 0 Å². The summed E-state index contributed by atoms with van der Waals surface area (Å²) in [6.45, 7) is 4.21. The molecule has 0 spiro atoms. The number of allylic oxidation sites excluding steroid dienone is 9. The van der Waals surface area contributed by atoms with Gasteiger partial charge in [0.05, 0.1) is 32.0 Å². The number of hydrogen-bond donors (Lipinski definition) is 6. The number of nitrogens with one attached hydrogen (secondary N) is 1. The second-order valence-electron chi connectivity index (χ2n) is 21.7. The maximum atomic E-state index is 13.0. The van der Waals surface area contributed by atoms with E-state index in [0.29, 0.717) is 19.4 Å². The summed E-state index contributed by atoms with van der Waals surface area (Å²) in [5, 5.41) is 54.2. The highest BCUT2D eigenvalue weighted by atomic mass is 16.7. The largest absolute Gasteiger partial charge is 0.466 e. The maximum absolute atomic E-state index is 13.0. The molecular formula is C65H117NO10. The summed E-state index contributed by atoms with van der Waals surface area (Å²) in [7, 11) is 0. The third kappa shape index (κ3) is 43.3. The summed E-state index contributed by atoms with van der Waals surface area (Å²) in [5.74, 6) is -0.209. The van der Waals surface area contributed by atoms with Gasteiger partial charge in [0.2, 0.25) is 5.91 Å². The number of carbonyl (C=O) groups excluding carboxylic acids is 2. The van der Waals surface area contributed by atoms with Crippen molar-refractivity contribution in [1.82, 2.24) is 5.32 Å². The minimum absolute atomic E-state index is 0.0122. The van der Waals surface area contributed by atoms with Crippen LogP contribution in [0.25, 0.3) is 0 Å². The monoisotopic (exact) mass is 1070 g/mol. The zero-order chi connectivity index (χ0) is 55.2. The van der Waals surface area contributed by atoms with Crippen LogP contribution in [0.3, 0.4) is 0 Å². The van der Waals surface area contributed by atoms with Crippen LogP contribution in [0, 0.1) is 0 Å². The van der Waals surface area contributed by atoms with Gasteiger partial charge >= 0.3 is 5.97 Å². The first-order chi connectivity index (χ1) is 37.2. The Balaban J connectivity index is 1.98. The molecule has 0 aromatic rings. The molecule has 1 rings (SSSR count). The number of unbranched alkanes of at least 4 members (excludes halogenated alkanes) is 32. The number of hydrogen-bond acceptors (Lipinski definition) is 10. The molecule has 1 saturated heterocycles. The minimum Gasteiger partial charge on any atom is -0.466 e. The number of aliphatic hydroxyl groups is 5. The average Bonchev–Trinajstić information content (AvgIpc) is 3.42. The van der Waals surface area contributed by atoms with E-state index in [1.807, 2.05) is 6.08 Å². The topological polar surface area (TPSA) is 175 Å². The molecule has 7 atom stereocenters. The van der Waals surface area contributed by atoms with Crippen molar-refractivity contribution >= 4 is 11.9 Å². The van der Waals surface area contributed by atoms with Crippen LogP contribution in [0.1, 0.15) is 277 Å². The van der Waals surface area contributed by atoms with Crippen molar-refractivity contribution in [3.05, 3.63) is 60.8 Å². The Labute approximate surface area is 465 Å². The van der Waals surface area contributed by atoms with Crippen molar-refractivity contribution in [2.75, 3.05) is 19.8 Å². The molecule has 1 amide bonds. The normalized spacial score (nSPS) is 19.1. The van der Waals surface area contributed by atoms with E-state index in [1.54, 1.807) is 6.08 Å². The van der Waals surface area contributed by atoms with E-state index in [2.05, 4.69) is 67.8 Å². The second kappa shape index (κ2) is 54.3. The van der Waals surface area contributed by atoms with Crippen LogP contribution in [0.15, 0.2) is 60.8 Å². The van der Waals surface area contributed by atoms with Crippen LogP contribution in [0.2, 0.25) is 0 Å². The number of carbonyl (C=O) groups is 2. The zero-order valence-electron chi connectivity index (χ0n) is 48.7. The van der Waals surface area contributed by atoms with Crippen LogP contribution in [-0.4, -0.2) is 100 Å². The summed E-state index contributed by atoms with van der Waals surface area (Å²) >= 11 is 0. The Morgan fingerprint density at radius 3 is 1.43 bits per heavy atom. The van der Waals surface area contributed by atoms with E-state index >= 15 is 0 Å². The fraction of sp³-hybridized carbons (Fsp3) is 0.815. The molecule has 442 valence electrons. The van der Waals surface area contributed by atoms with Crippen molar-refractivity contribution in [2.45, 2.75) is 320 Å². The molecule has 0 saturated carbocycles. The molecule has 0 aliphatic carbocycles. The molecule has 11 nitrogen and oxygen atoms in total. The standard InChI is InChI=1S/C65H117NO10/c1-3-5-7-9-11-13-14-29-33-37-41-45-49-53-61(70)74-54-50-46-42-38-34-31-28-26-24-22-20-18-16-15-17-19-21-23-25-27-30-32-36-40-44-48-52-60(69)66-57(58(68)51-47-43-39-35-12-10-8-6-4-2)56-75-65-64(73)63(72)62(71)59(55-67)76-65/h7,9,12-15,17,35,47,51,57-59,62-65,67-68,71-73H,3-6,8,10-11,16,18-34,36-46,48-50,52-56H2,1-2H3,(H,66,69)/b9-7-,14-13-,17-15-,35-12+,51-47+. The lowest BCUT2D eigenvalue weighted by atomic mass is 9.99. The van der Waals surface area contributed by atoms with Gasteiger partial charge in [-0.15, -0.1) is 0 Å². The molecule has 1 aliphatic heterocycles. The number of esters is 1. The Morgan fingerprint density at radius 1 is 0.487 bits per heavy atom. The van der Waals surface area contributed by atoms with Crippen LogP contribution in [0.4, 0.5) is 0 Å². The molecule has 7 unspecified atom stereocenters. The molecule has 0 aromatic carbocycles. The molecule has 11 heteroatoms. The van der Waals surface area contributed by atoms with Gasteiger partial charge in [0.25, 0.3) is 0 Å². The molecule has 1 heterocycles. The third-order valence-corrected chi connectivity index (χ3v) is 14.6. The molecule has 0 aromatic heterocycles. The average molecular weight is 1070 g/mol. The third-order valence-electron chi connectivity index (χ3n) is 14.6. The van der Waals surface area contributed by atoms with Crippen LogP contribution < -0.4 is 5.32 Å². The Morgan fingerprint density at radius 2 is 0.921 bits per heavy atom. The quantitative estimate of drug-likeness (QED) is 0.0195. The molecular weight excluding hydrogens is 955 g/mol. The van der Waals surface area contributed by atoms with Gasteiger partial charge in [-0.2, -0.15) is 0 Å². The first kappa shape index (κ1) is 71.4. The Kier molecular flexibility index (Phi) is 51.0. The van der Waals surface area contributed by atoms with Crippen molar-refractivity contribution < 1.29 is 49.3 Å². The molecule has 0 radical (unpaired) electrons.